The molecule has 1 N–H and O–H groups in total. The van der Waals surface area contributed by atoms with Gasteiger partial charge in [0.05, 0.1) is 13.1 Å². The summed E-state index contributed by atoms with van der Waals surface area (Å²) in [5.74, 6) is -0.315. The molecule has 2 rings (SSSR count). The largest absolute Gasteiger partial charge is 0.444 e. The van der Waals surface area contributed by atoms with Gasteiger partial charge in [0.15, 0.2) is 0 Å². The van der Waals surface area contributed by atoms with Gasteiger partial charge in [-0.2, -0.15) is 0 Å². The first-order chi connectivity index (χ1) is 12.1. The number of nitrogens with zero attached hydrogens (tertiary/aromatic N) is 5. The molecule has 0 radical (unpaired) electrons. The molecular formula is C16H23N5O4S. The van der Waals surface area contributed by atoms with Crippen molar-refractivity contribution in [1.82, 2.24) is 9.80 Å². The zero-order chi connectivity index (χ0) is 19.6. The van der Waals surface area contributed by atoms with Crippen LogP contribution in [0.1, 0.15) is 48.9 Å². The van der Waals surface area contributed by atoms with Crippen molar-refractivity contribution >= 4 is 23.3 Å². The number of likely N-dealkylation sites (N-methyl/N-ethyl adjacent to an activating group) is 1. The van der Waals surface area contributed by atoms with Crippen molar-refractivity contribution in [2.24, 2.45) is 5.11 Å². The van der Waals surface area contributed by atoms with Crippen LogP contribution >= 0.6 is 11.3 Å². The molecule has 142 valence electrons. The average Bonchev–Trinajstić information content (AvgIpc) is 2.94. The van der Waals surface area contributed by atoms with Gasteiger partial charge in [-0.05, 0) is 37.2 Å². The Kier molecular flexibility index (Phi) is 5.80. The smallest absolute Gasteiger partial charge is 0.411 e. The summed E-state index contributed by atoms with van der Waals surface area (Å²) in [6, 6.07) is -0.937. The Morgan fingerprint density at radius 2 is 2.15 bits per heavy atom. The minimum atomic E-state index is -0.937. The van der Waals surface area contributed by atoms with E-state index in [1.54, 1.807) is 40.2 Å². The molecule has 0 fully saturated rings. The van der Waals surface area contributed by atoms with E-state index in [-0.39, 0.29) is 19.0 Å². The normalized spacial score (nSPS) is 19.4. The number of carbonyl (C=O) groups excluding carboxylic acids is 2. The van der Waals surface area contributed by atoms with Crippen LogP contribution in [0.15, 0.2) is 10.5 Å². The minimum Gasteiger partial charge on any atom is -0.444 e. The molecule has 1 aromatic rings. The second-order valence-electron chi connectivity index (χ2n) is 7.21. The van der Waals surface area contributed by atoms with Gasteiger partial charge in [0.1, 0.15) is 17.7 Å². The lowest BCUT2D eigenvalue weighted by atomic mass is 9.93. The molecule has 0 spiro atoms. The molecule has 1 aromatic heterocycles. The van der Waals surface area contributed by atoms with Gasteiger partial charge >= 0.3 is 6.09 Å². The molecule has 10 heteroatoms. The van der Waals surface area contributed by atoms with Gasteiger partial charge in [0.25, 0.3) is 0 Å². The number of azide groups is 1. The SMILES string of the molecule is CN(C)C(=O)C1c2c(CN=[N+]=[N-])csc2C(O)CN1C(=O)OC(C)(C)C. The van der Waals surface area contributed by atoms with E-state index in [0.717, 1.165) is 0 Å². The highest BCUT2D eigenvalue weighted by atomic mass is 32.1. The standard InChI is InChI=1S/C16H23N5O4S/c1-16(2,3)25-15(24)21-7-10(22)13-11(12(21)14(23)20(4)5)9(8-26-13)6-18-19-17/h8,10,12,22H,6-7H2,1-5H3. The number of ether oxygens (including phenoxy) is 1. The summed E-state index contributed by atoms with van der Waals surface area (Å²) in [6.45, 7) is 5.19. The van der Waals surface area contributed by atoms with E-state index in [9.17, 15) is 14.7 Å². The van der Waals surface area contributed by atoms with Crippen LogP contribution in [0.25, 0.3) is 10.4 Å². The number of rotatable bonds is 3. The Balaban J connectivity index is 2.54. The van der Waals surface area contributed by atoms with Crippen molar-refractivity contribution in [3.8, 4) is 0 Å². The van der Waals surface area contributed by atoms with Crippen molar-refractivity contribution in [1.29, 1.82) is 0 Å². The quantitative estimate of drug-likeness (QED) is 0.492. The molecular weight excluding hydrogens is 358 g/mol. The third-order valence-corrected chi connectivity index (χ3v) is 4.95. The molecule has 26 heavy (non-hydrogen) atoms. The van der Waals surface area contributed by atoms with Crippen molar-refractivity contribution in [3.05, 3.63) is 31.8 Å². The van der Waals surface area contributed by atoms with Gasteiger partial charge in [0.2, 0.25) is 5.91 Å². The summed E-state index contributed by atoms with van der Waals surface area (Å²) >= 11 is 1.29. The summed E-state index contributed by atoms with van der Waals surface area (Å²) < 4.78 is 5.42. The van der Waals surface area contributed by atoms with E-state index in [1.807, 2.05) is 0 Å². The Bertz CT molecular complexity index is 748. The lowest BCUT2D eigenvalue weighted by Crippen LogP contribution is -2.49. The predicted molar refractivity (Wildman–Crippen MR) is 96.5 cm³/mol. The van der Waals surface area contributed by atoms with Crippen molar-refractivity contribution < 1.29 is 19.4 Å². The number of amides is 2. The molecule has 9 nitrogen and oxygen atoms in total. The first-order valence-corrected chi connectivity index (χ1v) is 8.94. The maximum Gasteiger partial charge on any atom is 0.411 e. The highest BCUT2D eigenvalue weighted by molar-refractivity contribution is 7.10. The highest BCUT2D eigenvalue weighted by Crippen LogP contribution is 2.42. The monoisotopic (exact) mass is 381 g/mol. The number of β-amino-alcohol motifs (C(OH)–C–C–N with tert-alkyl or cyclic N) is 1. The first kappa shape index (κ1) is 20.0. The van der Waals surface area contributed by atoms with Crippen LogP contribution in [-0.4, -0.2) is 53.1 Å². The Labute approximate surface area is 155 Å². The Hall–Kier alpha value is -2.29. The molecule has 2 heterocycles. The molecule has 1 aliphatic heterocycles. The van der Waals surface area contributed by atoms with Crippen LogP contribution in [0.5, 0.6) is 0 Å². The third kappa shape index (κ3) is 4.09. The maximum absolute atomic E-state index is 12.9. The third-order valence-electron chi connectivity index (χ3n) is 3.80. The lowest BCUT2D eigenvalue weighted by Gasteiger charge is -2.39. The van der Waals surface area contributed by atoms with E-state index in [1.165, 1.54) is 21.1 Å². The number of thiophene rings is 1. The number of carbonyl (C=O) groups is 2. The summed E-state index contributed by atoms with van der Waals surface area (Å²) in [5, 5.41) is 15.8. The first-order valence-electron chi connectivity index (χ1n) is 8.06. The van der Waals surface area contributed by atoms with Gasteiger partial charge in [-0.25, -0.2) is 4.79 Å². The number of hydrogen-bond acceptors (Lipinski definition) is 6. The van der Waals surface area contributed by atoms with Crippen LogP contribution < -0.4 is 0 Å². The van der Waals surface area contributed by atoms with Gasteiger partial charge in [-0.3, -0.25) is 9.69 Å². The summed E-state index contributed by atoms with van der Waals surface area (Å²) in [7, 11) is 3.19. The van der Waals surface area contributed by atoms with Crippen LogP contribution in [0.3, 0.4) is 0 Å². The predicted octanol–water partition coefficient (Wildman–Crippen LogP) is 2.97. The minimum absolute atomic E-state index is 0.0361. The molecule has 0 aliphatic carbocycles. The second kappa shape index (κ2) is 7.53. The zero-order valence-electron chi connectivity index (χ0n) is 15.5. The lowest BCUT2D eigenvalue weighted by molar-refractivity contribution is -0.135. The molecule has 0 bridgehead atoms. The Morgan fingerprint density at radius 1 is 1.50 bits per heavy atom. The van der Waals surface area contributed by atoms with Crippen molar-refractivity contribution in [3.63, 3.8) is 0 Å². The number of aliphatic hydroxyl groups excluding tert-OH is 1. The molecule has 2 amide bonds. The van der Waals surface area contributed by atoms with E-state index in [4.69, 9.17) is 10.3 Å². The fourth-order valence-corrected chi connectivity index (χ4v) is 3.82. The van der Waals surface area contributed by atoms with E-state index in [2.05, 4.69) is 10.0 Å². The van der Waals surface area contributed by atoms with Gasteiger partial charge < -0.3 is 14.7 Å². The van der Waals surface area contributed by atoms with E-state index < -0.39 is 23.8 Å². The van der Waals surface area contributed by atoms with E-state index >= 15 is 0 Å². The fourth-order valence-electron chi connectivity index (χ4n) is 2.75. The van der Waals surface area contributed by atoms with Gasteiger partial charge in [-0.15, -0.1) is 11.3 Å². The van der Waals surface area contributed by atoms with Crippen LogP contribution in [0, 0.1) is 0 Å². The number of hydrogen-bond donors (Lipinski definition) is 1. The highest BCUT2D eigenvalue weighted by Gasteiger charge is 2.43. The second-order valence-corrected chi connectivity index (χ2v) is 8.12. The van der Waals surface area contributed by atoms with Gasteiger partial charge in [0, 0.05) is 29.4 Å². The van der Waals surface area contributed by atoms with E-state index in [0.29, 0.717) is 16.0 Å². The molecule has 2 atom stereocenters. The average molecular weight is 381 g/mol. The molecule has 1 aliphatic rings. The summed E-state index contributed by atoms with van der Waals surface area (Å²) in [6.07, 6.45) is -1.61. The maximum atomic E-state index is 12.9. The Morgan fingerprint density at radius 3 is 2.69 bits per heavy atom. The van der Waals surface area contributed by atoms with Crippen LogP contribution in [0.2, 0.25) is 0 Å². The number of fused-ring (bicyclic) bond motifs is 1. The van der Waals surface area contributed by atoms with Crippen molar-refractivity contribution in [2.75, 3.05) is 20.6 Å². The zero-order valence-corrected chi connectivity index (χ0v) is 16.3. The topological polar surface area (TPSA) is 119 Å². The summed E-state index contributed by atoms with van der Waals surface area (Å²) in [5.41, 5.74) is 9.01. The molecule has 0 saturated carbocycles. The molecule has 0 aromatic carbocycles. The fraction of sp³-hybridized carbons (Fsp3) is 0.625. The van der Waals surface area contributed by atoms with Crippen LogP contribution in [0.4, 0.5) is 4.79 Å². The molecule has 0 saturated heterocycles. The molecule has 2 unspecified atom stereocenters. The number of aliphatic hydroxyl groups is 1. The summed E-state index contributed by atoms with van der Waals surface area (Å²) in [4.78, 5) is 31.6. The van der Waals surface area contributed by atoms with Gasteiger partial charge in [-0.1, -0.05) is 5.11 Å². The van der Waals surface area contributed by atoms with Crippen LogP contribution in [-0.2, 0) is 16.1 Å². The van der Waals surface area contributed by atoms with Crippen molar-refractivity contribution in [2.45, 2.75) is 45.1 Å².